The smallest absolute Gasteiger partial charge is 0.232 e. The van der Waals surface area contributed by atoms with Crippen molar-refractivity contribution < 1.29 is 4.74 Å². The van der Waals surface area contributed by atoms with Crippen molar-refractivity contribution in [3.05, 3.63) is 23.4 Å². The van der Waals surface area contributed by atoms with Gasteiger partial charge in [-0.3, -0.25) is 0 Å². The lowest BCUT2D eigenvalue weighted by Gasteiger charge is -2.05. The molecule has 1 rings (SSSR count). The Morgan fingerprint density at radius 1 is 1.46 bits per heavy atom. The number of hydrogen-bond donors (Lipinski definition) is 0. The van der Waals surface area contributed by atoms with E-state index in [1.54, 1.807) is 18.3 Å². The molecule has 0 aromatic carbocycles. The van der Waals surface area contributed by atoms with E-state index in [0.717, 1.165) is 6.42 Å². The summed E-state index contributed by atoms with van der Waals surface area (Å²) < 4.78 is 5.40. The topological polar surface area (TPSA) is 22.1 Å². The zero-order valence-corrected chi connectivity index (χ0v) is 8.55. The monoisotopic (exact) mass is 199 g/mol. The summed E-state index contributed by atoms with van der Waals surface area (Å²) in [6, 6.07) is 3.57. The van der Waals surface area contributed by atoms with Crippen LogP contribution in [-0.4, -0.2) is 11.6 Å². The molecule has 0 fully saturated rings. The summed E-state index contributed by atoms with van der Waals surface area (Å²) in [6.45, 7) is 2.86. The molecule has 3 heteroatoms. The van der Waals surface area contributed by atoms with Crippen LogP contribution in [0.1, 0.15) is 26.2 Å². The highest BCUT2D eigenvalue weighted by atomic mass is 35.5. The predicted molar refractivity (Wildman–Crippen MR) is 54.3 cm³/mol. The number of nitrogens with zero attached hydrogens (tertiary/aromatic N) is 1. The summed E-state index contributed by atoms with van der Waals surface area (Å²) in [6.07, 6.45) is 5.12. The summed E-state index contributed by atoms with van der Waals surface area (Å²) in [5.74, 6) is 0.542. The molecule has 0 unspecified atom stereocenters. The lowest BCUT2D eigenvalue weighted by molar-refractivity contribution is 0.295. The zero-order chi connectivity index (χ0) is 9.52. The summed E-state index contributed by atoms with van der Waals surface area (Å²) in [5.41, 5.74) is 0. The zero-order valence-electron chi connectivity index (χ0n) is 7.79. The number of hydrogen-bond acceptors (Lipinski definition) is 2. The molecule has 72 valence electrons. The van der Waals surface area contributed by atoms with E-state index in [9.17, 15) is 0 Å². The molecule has 0 amide bonds. The first kappa shape index (κ1) is 10.3. The number of halogens is 1. The average Bonchev–Trinajstić information content (AvgIpc) is 2.15. The predicted octanol–water partition coefficient (Wildman–Crippen LogP) is 3.30. The molecule has 0 radical (unpaired) electrons. The number of unbranched alkanes of at least 4 members (excludes halogenated alkanes) is 2. The summed E-state index contributed by atoms with van der Waals surface area (Å²) in [5, 5.41) is 0.582. The molecular weight excluding hydrogens is 186 g/mol. The van der Waals surface area contributed by atoms with Gasteiger partial charge in [0.1, 0.15) is 5.02 Å². The fourth-order valence-electron chi connectivity index (χ4n) is 0.998. The maximum Gasteiger partial charge on any atom is 0.232 e. The molecule has 0 saturated heterocycles. The average molecular weight is 200 g/mol. The number of rotatable bonds is 5. The Hall–Kier alpha value is -0.760. The third kappa shape index (κ3) is 3.64. The molecular formula is C10H14ClNO. The van der Waals surface area contributed by atoms with Crippen LogP contribution >= 0.6 is 11.6 Å². The van der Waals surface area contributed by atoms with E-state index < -0.39 is 0 Å². The molecule has 0 saturated carbocycles. The van der Waals surface area contributed by atoms with Crippen molar-refractivity contribution in [2.75, 3.05) is 6.61 Å². The lowest BCUT2D eigenvalue weighted by atomic mass is 10.3. The molecule has 1 heterocycles. The number of pyridine rings is 1. The maximum atomic E-state index is 5.85. The van der Waals surface area contributed by atoms with Gasteiger partial charge in [0.05, 0.1) is 6.61 Å². The molecule has 0 atom stereocenters. The second-order valence-electron chi connectivity index (χ2n) is 2.85. The Balaban J connectivity index is 2.32. The normalized spacial score (nSPS) is 10.0. The van der Waals surface area contributed by atoms with Crippen LogP contribution in [0.25, 0.3) is 0 Å². The fraction of sp³-hybridized carbons (Fsp3) is 0.500. The number of ether oxygens (including phenoxy) is 1. The van der Waals surface area contributed by atoms with Gasteiger partial charge in [-0.2, -0.15) is 0 Å². The van der Waals surface area contributed by atoms with Crippen LogP contribution < -0.4 is 4.74 Å². The molecule has 0 spiro atoms. The van der Waals surface area contributed by atoms with Crippen LogP contribution in [0, 0.1) is 0 Å². The Labute approximate surface area is 83.9 Å². The van der Waals surface area contributed by atoms with E-state index in [-0.39, 0.29) is 0 Å². The first-order valence-electron chi connectivity index (χ1n) is 4.58. The van der Waals surface area contributed by atoms with E-state index in [1.165, 1.54) is 12.8 Å². The largest absolute Gasteiger partial charge is 0.477 e. The molecule has 1 aromatic rings. The van der Waals surface area contributed by atoms with E-state index in [4.69, 9.17) is 16.3 Å². The standard InChI is InChI=1S/C10H14ClNO/c1-2-3-4-8-13-10-9(11)6-5-7-12-10/h5-7H,2-4,8H2,1H3. The van der Waals surface area contributed by atoms with Crippen molar-refractivity contribution in [1.29, 1.82) is 0 Å². The van der Waals surface area contributed by atoms with Crippen molar-refractivity contribution in [1.82, 2.24) is 4.98 Å². The maximum absolute atomic E-state index is 5.85. The van der Waals surface area contributed by atoms with Crippen LogP contribution in [0.3, 0.4) is 0 Å². The van der Waals surface area contributed by atoms with E-state index in [2.05, 4.69) is 11.9 Å². The summed E-state index contributed by atoms with van der Waals surface area (Å²) in [4.78, 5) is 4.02. The Morgan fingerprint density at radius 3 is 3.00 bits per heavy atom. The van der Waals surface area contributed by atoms with Gasteiger partial charge in [0, 0.05) is 6.20 Å². The molecule has 13 heavy (non-hydrogen) atoms. The van der Waals surface area contributed by atoms with Gasteiger partial charge in [0.15, 0.2) is 0 Å². The van der Waals surface area contributed by atoms with Crippen LogP contribution in [0.4, 0.5) is 0 Å². The number of aromatic nitrogens is 1. The van der Waals surface area contributed by atoms with Gasteiger partial charge in [0.25, 0.3) is 0 Å². The Bertz CT molecular complexity index is 252. The van der Waals surface area contributed by atoms with Gasteiger partial charge in [0.2, 0.25) is 5.88 Å². The van der Waals surface area contributed by atoms with E-state index >= 15 is 0 Å². The van der Waals surface area contributed by atoms with Gasteiger partial charge in [-0.25, -0.2) is 4.98 Å². The highest BCUT2D eigenvalue weighted by molar-refractivity contribution is 6.31. The molecule has 2 nitrogen and oxygen atoms in total. The van der Waals surface area contributed by atoms with Gasteiger partial charge < -0.3 is 4.74 Å². The molecule has 0 aliphatic heterocycles. The van der Waals surface area contributed by atoms with Crippen molar-refractivity contribution in [3.63, 3.8) is 0 Å². The van der Waals surface area contributed by atoms with Gasteiger partial charge >= 0.3 is 0 Å². The fourth-order valence-corrected chi connectivity index (χ4v) is 1.17. The van der Waals surface area contributed by atoms with Crippen LogP contribution in [0.2, 0.25) is 5.02 Å². The van der Waals surface area contributed by atoms with Crippen LogP contribution in [0.5, 0.6) is 5.88 Å². The molecule has 1 aromatic heterocycles. The van der Waals surface area contributed by atoms with Crippen molar-refractivity contribution in [3.8, 4) is 5.88 Å². The molecule has 0 aliphatic rings. The second-order valence-corrected chi connectivity index (χ2v) is 3.25. The minimum absolute atomic E-state index is 0.542. The Morgan fingerprint density at radius 2 is 2.31 bits per heavy atom. The third-order valence-corrected chi connectivity index (χ3v) is 2.00. The van der Waals surface area contributed by atoms with E-state index in [1.807, 2.05) is 0 Å². The highest BCUT2D eigenvalue weighted by Gasteiger charge is 1.99. The minimum atomic E-state index is 0.542. The minimum Gasteiger partial charge on any atom is -0.477 e. The quantitative estimate of drug-likeness (QED) is 0.679. The third-order valence-electron chi connectivity index (χ3n) is 1.71. The SMILES string of the molecule is CCCCCOc1ncccc1Cl. The van der Waals surface area contributed by atoms with Crippen LogP contribution in [-0.2, 0) is 0 Å². The highest BCUT2D eigenvalue weighted by Crippen LogP contribution is 2.19. The van der Waals surface area contributed by atoms with Gasteiger partial charge in [-0.1, -0.05) is 31.4 Å². The lowest BCUT2D eigenvalue weighted by Crippen LogP contribution is -1.98. The summed E-state index contributed by atoms with van der Waals surface area (Å²) in [7, 11) is 0. The first-order chi connectivity index (χ1) is 6.34. The van der Waals surface area contributed by atoms with E-state index in [0.29, 0.717) is 17.5 Å². The second kappa shape index (κ2) is 5.81. The van der Waals surface area contributed by atoms with Crippen molar-refractivity contribution >= 4 is 11.6 Å². The molecule has 0 aliphatic carbocycles. The first-order valence-corrected chi connectivity index (χ1v) is 4.95. The van der Waals surface area contributed by atoms with Gasteiger partial charge in [-0.15, -0.1) is 0 Å². The Kier molecular flexibility index (Phi) is 4.61. The molecule has 0 N–H and O–H groups in total. The van der Waals surface area contributed by atoms with Crippen molar-refractivity contribution in [2.45, 2.75) is 26.2 Å². The van der Waals surface area contributed by atoms with Crippen LogP contribution in [0.15, 0.2) is 18.3 Å². The van der Waals surface area contributed by atoms with Gasteiger partial charge in [-0.05, 0) is 18.6 Å². The van der Waals surface area contributed by atoms with Crippen molar-refractivity contribution in [2.24, 2.45) is 0 Å². The molecule has 0 bridgehead atoms. The summed E-state index contributed by atoms with van der Waals surface area (Å²) >= 11 is 5.85.